The van der Waals surface area contributed by atoms with Crippen molar-refractivity contribution in [2.75, 3.05) is 5.32 Å². The lowest BCUT2D eigenvalue weighted by Gasteiger charge is -2.16. The highest BCUT2D eigenvalue weighted by molar-refractivity contribution is 7.07. The lowest BCUT2D eigenvalue weighted by Crippen LogP contribution is -2.10. The zero-order chi connectivity index (χ0) is 13.4. The molecule has 0 aromatic carbocycles. The zero-order valence-corrected chi connectivity index (χ0v) is 12.6. The SMILES string of the molecule is Cc1c(Cl)nc(C2CC2)nc1NC(C)c1ccsc1. The molecule has 19 heavy (non-hydrogen) atoms. The molecule has 2 aromatic rings. The molecule has 5 heteroatoms. The summed E-state index contributed by atoms with van der Waals surface area (Å²) in [6.45, 7) is 4.09. The predicted octanol–water partition coefficient (Wildman–Crippen LogP) is 4.55. The van der Waals surface area contributed by atoms with Gasteiger partial charge >= 0.3 is 0 Å². The van der Waals surface area contributed by atoms with Gasteiger partial charge in [0.15, 0.2) is 0 Å². The number of halogens is 1. The number of aromatic nitrogens is 2. The summed E-state index contributed by atoms with van der Waals surface area (Å²) in [4.78, 5) is 9.02. The number of anilines is 1. The van der Waals surface area contributed by atoms with E-state index in [4.69, 9.17) is 11.6 Å². The summed E-state index contributed by atoms with van der Waals surface area (Å²) in [6, 6.07) is 2.35. The van der Waals surface area contributed by atoms with E-state index in [2.05, 4.69) is 39.0 Å². The number of nitrogens with one attached hydrogen (secondary N) is 1. The van der Waals surface area contributed by atoms with Crippen molar-refractivity contribution in [1.29, 1.82) is 0 Å². The molecule has 1 fully saturated rings. The van der Waals surface area contributed by atoms with Gasteiger partial charge in [-0.25, -0.2) is 9.97 Å². The van der Waals surface area contributed by atoms with Crippen LogP contribution in [-0.4, -0.2) is 9.97 Å². The van der Waals surface area contributed by atoms with Crippen LogP contribution in [-0.2, 0) is 0 Å². The third kappa shape index (κ3) is 2.74. The van der Waals surface area contributed by atoms with Crippen LogP contribution in [0, 0.1) is 6.92 Å². The fraction of sp³-hybridized carbons (Fsp3) is 0.429. The largest absolute Gasteiger partial charge is 0.363 e. The van der Waals surface area contributed by atoms with Crippen LogP contribution in [0.4, 0.5) is 5.82 Å². The van der Waals surface area contributed by atoms with Crippen LogP contribution in [0.15, 0.2) is 16.8 Å². The molecule has 1 aliphatic carbocycles. The van der Waals surface area contributed by atoms with Gasteiger partial charge in [-0.1, -0.05) is 11.6 Å². The van der Waals surface area contributed by atoms with Crippen LogP contribution in [0.3, 0.4) is 0 Å². The molecular formula is C14H16ClN3S. The topological polar surface area (TPSA) is 37.8 Å². The standard InChI is InChI=1S/C14H16ClN3S/c1-8-12(15)17-14(10-3-4-10)18-13(8)16-9(2)11-5-6-19-7-11/h5-7,9-10H,3-4H2,1-2H3,(H,16,17,18). The molecule has 100 valence electrons. The van der Waals surface area contributed by atoms with Gasteiger partial charge in [0.2, 0.25) is 0 Å². The van der Waals surface area contributed by atoms with Crippen LogP contribution < -0.4 is 5.32 Å². The summed E-state index contributed by atoms with van der Waals surface area (Å²) in [6.07, 6.45) is 2.36. The first-order chi connectivity index (χ1) is 9.15. The van der Waals surface area contributed by atoms with E-state index in [1.165, 1.54) is 18.4 Å². The maximum atomic E-state index is 6.21. The van der Waals surface area contributed by atoms with Crippen LogP contribution in [0.5, 0.6) is 0 Å². The number of hydrogen-bond donors (Lipinski definition) is 1. The summed E-state index contributed by atoms with van der Waals surface area (Å²) in [5, 5.41) is 8.25. The lowest BCUT2D eigenvalue weighted by atomic mass is 10.2. The average molecular weight is 294 g/mol. The van der Waals surface area contributed by atoms with E-state index in [9.17, 15) is 0 Å². The van der Waals surface area contributed by atoms with Crippen molar-refractivity contribution in [2.24, 2.45) is 0 Å². The van der Waals surface area contributed by atoms with Gasteiger partial charge < -0.3 is 5.32 Å². The highest BCUT2D eigenvalue weighted by atomic mass is 35.5. The Morgan fingerprint density at radius 2 is 2.21 bits per heavy atom. The van der Waals surface area contributed by atoms with Crippen molar-refractivity contribution < 1.29 is 0 Å². The summed E-state index contributed by atoms with van der Waals surface area (Å²) in [5.74, 6) is 2.26. The maximum Gasteiger partial charge on any atom is 0.137 e. The Labute approximate surface area is 122 Å². The van der Waals surface area contributed by atoms with Crippen molar-refractivity contribution in [2.45, 2.75) is 38.6 Å². The molecule has 0 radical (unpaired) electrons. The average Bonchev–Trinajstić information content (AvgIpc) is 3.09. The van der Waals surface area contributed by atoms with Gasteiger partial charge in [-0.2, -0.15) is 11.3 Å². The molecular weight excluding hydrogens is 278 g/mol. The number of rotatable bonds is 4. The fourth-order valence-electron chi connectivity index (χ4n) is 1.98. The first-order valence-corrected chi connectivity index (χ1v) is 7.80. The van der Waals surface area contributed by atoms with E-state index >= 15 is 0 Å². The normalized spacial score (nSPS) is 16.4. The highest BCUT2D eigenvalue weighted by Crippen LogP contribution is 2.39. The highest BCUT2D eigenvalue weighted by Gasteiger charge is 2.28. The molecule has 3 nitrogen and oxygen atoms in total. The van der Waals surface area contributed by atoms with E-state index in [0.29, 0.717) is 11.1 Å². The minimum atomic E-state index is 0.225. The predicted molar refractivity (Wildman–Crippen MR) is 80.1 cm³/mol. The smallest absolute Gasteiger partial charge is 0.137 e. The molecule has 1 unspecified atom stereocenters. The monoisotopic (exact) mass is 293 g/mol. The number of thiophene rings is 1. The molecule has 1 saturated carbocycles. The minimum Gasteiger partial charge on any atom is -0.363 e. The Morgan fingerprint density at radius 1 is 1.42 bits per heavy atom. The first-order valence-electron chi connectivity index (χ1n) is 6.48. The van der Waals surface area contributed by atoms with Crippen molar-refractivity contribution in [1.82, 2.24) is 9.97 Å². The molecule has 0 spiro atoms. The Morgan fingerprint density at radius 3 is 2.84 bits per heavy atom. The van der Waals surface area contributed by atoms with Crippen molar-refractivity contribution >= 4 is 28.8 Å². The van der Waals surface area contributed by atoms with E-state index < -0.39 is 0 Å². The summed E-state index contributed by atoms with van der Waals surface area (Å²) in [5.41, 5.74) is 2.19. The molecule has 0 aliphatic heterocycles. The summed E-state index contributed by atoms with van der Waals surface area (Å²) >= 11 is 7.92. The van der Waals surface area contributed by atoms with Crippen LogP contribution >= 0.6 is 22.9 Å². The van der Waals surface area contributed by atoms with Crippen molar-refractivity contribution in [3.05, 3.63) is 38.9 Å². The van der Waals surface area contributed by atoms with Crippen molar-refractivity contribution in [3.63, 3.8) is 0 Å². The second-order valence-electron chi connectivity index (χ2n) is 5.04. The molecule has 0 amide bonds. The van der Waals surface area contributed by atoms with Gasteiger partial charge in [0.1, 0.15) is 16.8 Å². The second kappa shape index (κ2) is 5.10. The third-order valence-electron chi connectivity index (χ3n) is 3.44. The van der Waals surface area contributed by atoms with Gasteiger partial charge in [-0.15, -0.1) is 0 Å². The van der Waals surface area contributed by atoms with E-state index in [1.54, 1.807) is 11.3 Å². The summed E-state index contributed by atoms with van der Waals surface area (Å²) < 4.78 is 0. The Hall–Kier alpha value is -1.13. The van der Waals surface area contributed by atoms with Gasteiger partial charge in [-0.05, 0) is 49.1 Å². The molecule has 1 N–H and O–H groups in total. The molecule has 3 rings (SSSR count). The molecule has 2 aromatic heterocycles. The van der Waals surface area contributed by atoms with Crippen LogP contribution in [0.2, 0.25) is 5.15 Å². The third-order valence-corrected chi connectivity index (χ3v) is 4.51. The van der Waals surface area contributed by atoms with Crippen LogP contribution in [0.25, 0.3) is 0 Å². The molecule has 1 atom stereocenters. The first kappa shape index (κ1) is 12.9. The number of hydrogen-bond acceptors (Lipinski definition) is 4. The Bertz CT molecular complexity index is 579. The number of nitrogens with zero attached hydrogens (tertiary/aromatic N) is 2. The molecule has 0 bridgehead atoms. The Balaban J connectivity index is 1.87. The van der Waals surface area contributed by atoms with Crippen molar-refractivity contribution in [3.8, 4) is 0 Å². The minimum absolute atomic E-state index is 0.225. The molecule has 2 heterocycles. The zero-order valence-electron chi connectivity index (χ0n) is 11.0. The van der Waals surface area contributed by atoms with E-state index in [1.807, 2.05) is 6.92 Å². The van der Waals surface area contributed by atoms with Crippen LogP contribution in [0.1, 0.15) is 48.7 Å². The fourth-order valence-corrected chi connectivity index (χ4v) is 2.91. The van der Waals surface area contributed by atoms with Gasteiger partial charge in [0.05, 0.1) is 6.04 Å². The van der Waals surface area contributed by atoms with Gasteiger partial charge in [-0.3, -0.25) is 0 Å². The molecule has 0 saturated heterocycles. The van der Waals surface area contributed by atoms with Gasteiger partial charge in [0, 0.05) is 11.5 Å². The van der Waals surface area contributed by atoms with E-state index in [0.717, 1.165) is 17.2 Å². The summed E-state index contributed by atoms with van der Waals surface area (Å²) in [7, 11) is 0. The lowest BCUT2D eigenvalue weighted by molar-refractivity contribution is 0.851. The van der Waals surface area contributed by atoms with Gasteiger partial charge in [0.25, 0.3) is 0 Å². The Kier molecular flexibility index (Phi) is 3.46. The quantitative estimate of drug-likeness (QED) is 0.840. The maximum absolute atomic E-state index is 6.21. The van der Waals surface area contributed by atoms with E-state index in [-0.39, 0.29) is 6.04 Å². The second-order valence-corrected chi connectivity index (χ2v) is 6.18. The molecule has 1 aliphatic rings.